The summed E-state index contributed by atoms with van der Waals surface area (Å²) < 4.78 is 0. The summed E-state index contributed by atoms with van der Waals surface area (Å²) in [5, 5.41) is 22.6. The third kappa shape index (κ3) is 2.72. The lowest BCUT2D eigenvalue weighted by atomic mass is 10.1. The van der Waals surface area contributed by atoms with E-state index in [-0.39, 0.29) is 11.4 Å². The molecule has 2 aromatic rings. The third-order valence-corrected chi connectivity index (χ3v) is 2.96. The highest BCUT2D eigenvalue weighted by Crippen LogP contribution is 2.22. The van der Waals surface area contributed by atoms with E-state index in [2.05, 4.69) is 10.3 Å². The van der Waals surface area contributed by atoms with E-state index < -0.39 is 4.92 Å². The van der Waals surface area contributed by atoms with Gasteiger partial charge in [-0.3, -0.25) is 10.1 Å². The summed E-state index contributed by atoms with van der Waals surface area (Å²) in [5.41, 5.74) is 2.61. The fraction of sp³-hybridized carbons (Fsp3) is 0.143. The molecule has 0 saturated heterocycles. The van der Waals surface area contributed by atoms with E-state index in [4.69, 9.17) is 5.26 Å². The minimum absolute atomic E-state index is 0.205. The van der Waals surface area contributed by atoms with Crippen molar-refractivity contribution in [3.05, 3.63) is 57.3 Å². The molecule has 6 nitrogen and oxygen atoms in total. The molecule has 0 fully saturated rings. The van der Waals surface area contributed by atoms with Crippen molar-refractivity contribution in [3.8, 4) is 6.07 Å². The van der Waals surface area contributed by atoms with E-state index >= 15 is 0 Å². The van der Waals surface area contributed by atoms with Crippen LogP contribution in [0.15, 0.2) is 30.3 Å². The zero-order chi connectivity index (χ0) is 14.7. The summed E-state index contributed by atoms with van der Waals surface area (Å²) >= 11 is 0. The number of anilines is 2. The van der Waals surface area contributed by atoms with Crippen LogP contribution in [0.4, 0.5) is 17.2 Å². The predicted octanol–water partition coefficient (Wildman–Crippen LogP) is 3.22. The number of hydrogen-bond acceptors (Lipinski definition) is 5. The lowest BCUT2D eigenvalue weighted by Gasteiger charge is -2.08. The molecule has 0 amide bonds. The standard InChI is InChI=1S/C14H12N4O2/c1-9-3-4-11(7-10(9)2)16-14-6-5-13(18(19)20)12(8-15)17-14/h3-7H,1-2H3,(H,16,17). The number of nitrogens with zero attached hydrogens (tertiary/aromatic N) is 3. The van der Waals surface area contributed by atoms with E-state index in [0.29, 0.717) is 5.82 Å². The second kappa shape index (κ2) is 5.36. The van der Waals surface area contributed by atoms with Gasteiger partial charge >= 0.3 is 5.69 Å². The fourth-order valence-corrected chi connectivity index (χ4v) is 1.72. The molecule has 1 N–H and O–H groups in total. The molecule has 0 aliphatic rings. The second-order valence-corrected chi connectivity index (χ2v) is 4.36. The molecule has 1 heterocycles. The Balaban J connectivity index is 2.32. The molecule has 1 aromatic heterocycles. The van der Waals surface area contributed by atoms with Gasteiger partial charge in [-0.25, -0.2) is 4.98 Å². The second-order valence-electron chi connectivity index (χ2n) is 4.36. The van der Waals surface area contributed by atoms with Gasteiger partial charge in [0.1, 0.15) is 11.9 Å². The number of hydrogen-bond donors (Lipinski definition) is 1. The van der Waals surface area contributed by atoms with E-state index in [0.717, 1.165) is 11.3 Å². The Morgan fingerprint density at radius 3 is 2.60 bits per heavy atom. The first-order chi connectivity index (χ1) is 9.51. The number of nitriles is 1. The maximum absolute atomic E-state index is 10.7. The number of pyridine rings is 1. The van der Waals surface area contributed by atoms with Crippen molar-refractivity contribution in [3.63, 3.8) is 0 Å². The van der Waals surface area contributed by atoms with Crippen LogP contribution in [0, 0.1) is 35.3 Å². The Labute approximate surface area is 115 Å². The molecule has 0 unspecified atom stereocenters. The number of benzene rings is 1. The molecule has 0 spiro atoms. The van der Waals surface area contributed by atoms with Gasteiger partial charge in [-0.15, -0.1) is 0 Å². The highest BCUT2D eigenvalue weighted by Gasteiger charge is 2.15. The zero-order valence-electron chi connectivity index (χ0n) is 11.0. The van der Waals surface area contributed by atoms with Crippen molar-refractivity contribution in [2.45, 2.75) is 13.8 Å². The molecular weight excluding hydrogens is 256 g/mol. The molecule has 2 rings (SSSR count). The van der Waals surface area contributed by atoms with Crippen LogP contribution >= 0.6 is 0 Å². The first-order valence-corrected chi connectivity index (χ1v) is 5.91. The zero-order valence-corrected chi connectivity index (χ0v) is 11.0. The topological polar surface area (TPSA) is 91.9 Å². The van der Waals surface area contributed by atoms with E-state index in [9.17, 15) is 10.1 Å². The number of aromatic nitrogens is 1. The first kappa shape index (κ1) is 13.5. The van der Waals surface area contributed by atoms with Crippen LogP contribution in [0.25, 0.3) is 0 Å². The van der Waals surface area contributed by atoms with Gasteiger partial charge in [-0.2, -0.15) is 5.26 Å². The van der Waals surface area contributed by atoms with Crippen molar-refractivity contribution in [2.75, 3.05) is 5.32 Å². The molecule has 0 aliphatic carbocycles. The lowest BCUT2D eigenvalue weighted by molar-refractivity contribution is -0.385. The summed E-state index contributed by atoms with van der Waals surface area (Å²) in [4.78, 5) is 14.1. The third-order valence-electron chi connectivity index (χ3n) is 2.96. The summed E-state index contributed by atoms with van der Waals surface area (Å²) in [5.74, 6) is 0.399. The smallest absolute Gasteiger partial charge is 0.305 e. The van der Waals surface area contributed by atoms with Gasteiger partial charge in [-0.1, -0.05) is 6.07 Å². The molecule has 20 heavy (non-hydrogen) atoms. The summed E-state index contributed by atoms with van der Waals surface area (Å²) in [6.07, 6.45) is 0. The van der Waals surface area contributed by atoms with Crippen molar-refractivity contribution in [2.24, 2.45) is 0 Å². The molecule has 1 aromatic carbocycles. The van der Waals surface area contributed by atoms with Crippen molar-refractivity contribution < 1.29 is 4.92 Å². The number of rotatable bonds is 3. The monoisotopic (exact) mass is 268 g/mol. The minimum atomic E-state index is -0.620. The Kier molecular flexibility index (Phi) is 3.62. The fourth-order valence-electron chi connectivity index (χ4n) is 1.72. The Morgan fingerprint density at radius 1 is 1.25 bits per heavy atom. The summed E-state index contributed by atoms with van der Waals surface area (Å²) in [7, 11) is 0. The molecule has 6 heteroatoms. The Hall–Kier alpha value is -2.94. The van der Waals surface area contributed by atoms with Crippen molar-refractivity contribution in [1.29, 1.82) is 5.26 Å². The molecule has 0 radical (unpaired) electrons. The molecule has 0 bridgehead atoms. The normalized spacial score (nSPS) is 9.85. The van der Waals surface area contributed by atoms with Gasteiger partial charge in [-0.05, 0) is 43.2 Å². The molecular formula is C14H12N4O2. The first-order valence-electron chi connectivity index (χ1n) is 5.91. The quantitative estimate of drug-likeness (QED) is 0.681. The van der Waals surface area contributed by atoms with Gasteiger partial charge < -0.3 is 5.32 Å². The highest BCUT2D eigenvalue weighted by molar-refractivity contribution is 5.60. The predicted molar refractivity (Wildman–Crippen MR) is 74.8 cm³/mol. The SMILES string of the molecule is Cc1ccc(Nc2ccc([N+](=O)[O-])c(C#N)n2)cc1C. The van der Waals surface area contributed by atoms with Crippen LogP contribution in [0.3, 0.4) is 0 Å². The molecule has 0 saturated carbocycles. The van der Waals surface area contributed by atoms with E-state index in [1.807, 2.05) is 32.0 Å². The molecule has 100 valence electrons. The van der Waals surface area contributed by atoms with Crippen LogP contribution in [0.2, 0.25) is 0 Å². The van der Waals surface area contributed by atoms with Crippen LogP contribution < -0.4 is 5.32 Å². The van der Waals surface area contributed by atoms with E-state index in [1.165, 1.54) is 17.7 Å². The lowest BCUT2D eigenvalue weighted by Crippen LogP contribution is -1.99. The highest BCUT2D eigenvalue weighted by atomic mass is 16.6. The summed E-state index contributed by atoms with van der Waals surface area (Å²) in [6.45, 7) is 4.00. The number of nitrogens with one attached hydrogen (secondary N) is 1. The van der Waals surface area contributed by atoms with Gasteiger partial charge in [0.15, 0.2) is 0 Å². The number of nitro groups is 1. The Morgan fingerprint density at radius 2 is 2.00 bits per heavy atom. The van der Waals surface area contributed by atoms with Crippen LogP contribution in [0.1, 0.15) is 16.8 Å². The van der Waals surface area contributed by atoms with Gasteiger partial charge in [0.25, 0.3) is 0 Å². The minimum Gasteiger partial charge on any atom is -0.340 e. The van der Waals surface area contributed by atoms with E-state index in [1.54, 1.807) is 6.07 Å². The van der Waals surface area contributed by atoms with Gasteiger partial charge in [0.2, 0.25) is 5.69 Å². The largest absolute Gasteiger partial charge is 0.340 e. The van der Waals surface area contributed by atoms with Crippen LogP contribution in [-0.4, -0.2) is 9.91 Å². The maximum atomic E-state index is 10.7. The van der Waals surface area contributed by atoms with Crippen molar-refractivity contribution in [1.82, 2.24) is 4.98 Å². The average Bonchev–Trinajstić information content (AvgIpc) is 2.42. The Bertz CT molecular complexity index is 720. The summed E-state index contributed by atoms with van der Waals surface area (Å²) in [6, 6.07) is 10.3. The maximum Gasteiger partial charge on any atom is 0.305 e. The van der Waals surface area contributed by atoms with Crippen LogP contribution in [-0.2, 0) is 0 Å². The average molecular weight is 268 g/mol. The molecule has 0 aliphatic heterocycles. The van der Waals surface area contributed by atoms with Crippen molar-refractivity contribution >= 4 is 17.2 Å². The van der Waals surface area contributed by atoms with Gasteiger partial charge in [0, 0.05) is 11.8 Å². The van der Waals surface area contributed by atoms with Gasteiger partial charge in [0.05, 0.1) is 4.92 Å². The van der Waals surface area contributed by atoms with Crippen LogP contribution in [0.5, 0.6) is 0 Å². The number of aryl methyl sites for hydroxylation is 2. The molecule has 0 atom stereocenters.